The first-order chi connectivity index (χ1) is 1.00. The summed E-state index contributed by atoms with van der Waals surface area (Å²) in [6.45, 7) is 0. The quantitative estimate of drug-likeness (QED) is 0.419. The van der Waals surface area contributed by atoms with Gasteiger partial charge in [-0.1, -0.05) is 0 Å². The third kappa shape index (κ3) is 10.5. The molecule has 0 rings (SSSR count). The Labute approximate surface area is 52.7 Å². The van der Waals surface area contributed by atoms with Crippen LogP contribution in [-0.4, -0.2) is 28.5 Å². The summed E-state index contributed by atoms with van der Waals surface area (Å²) >= 11 is 0.500. The average molecular weight is 151 g/mol. The van der Waals surface area contributed by atoms with E-state index < -0.39 is 0 Å². The predicted octanol–water partition coefficient (Wildman–Crippen LogP) is -0.947. The van der Waals surface area contributed by atoms with Crippen molar-refractivity contribution in [3.63, 3.8) is 0 Å². The second-order valence-electron chi connectivity index (χ2n) is 0. The molecule has 0 aliphatic carbocycles. The van der Waals surface area contributed by atoms with Crippen molar-refractivity contribution in [1.82, 2.24) is 0 Å². The Bertz CT molecular complexity index is 6.00. The molecule has 4 heteroatoms. The summed E-state index contributed by atoms with van der Waals surface area (Å²) in [4.78, 5) is 0. The van der Waals surface area contributed by atoms with E-state index in [9.17, 15) is 0 Å². The zero-order chi connectivity index (χ0) is 2.00. The molecule has 0 radical (unpaired) electrons. The molecule has 0 heterocycles. The van der Waals surface area contributed by atoms with Crippen LogP contribution < -0.4 is 0 Å². The van der Waals surface area contributed by atoms with Crippen molar-refractivity contribution in [2.24, 2.45) is 0 Å². The van der Waals surface area contributed by atoms with E-state index in [1.807, 2.05) is 0 Å². The Balaban J connectivity index is -0.00000000500. The van der Waals surface area contributed by atoms with E-state index in [0.717, 1.165) is 0 Å². The van der Waals surface area contributed by atoms with Crippen LogP contribution in [0.2, 0.25) is 0 Å². The Hall–Kier alpha value is 1.27. The third-order valence-corrected chi connectivity index (χ3v) is 0. The zero-order valence-electron chi connectivity index (χ0n) is 2.30. The second-order valence-corrected chi connectivity index (χ2v) is 0. The minimum atomic E-state index is 0. The summed E-state index contributed by atoms with van der Waals surface area (Å²) in [5, 5.41) is 0. The van der Waals surface area contributed by atoms with E-state index in [-0.39, 0.29) is 28.5 Å². The molecular weight excluding hydrogens is 149 g/mol. The Morgan fingerprint density at radius 3 is 1.25 bits per heavy atom. The van der Waals surface area contributed by atoms with Gasteiger partial charge in [-0.2, -0.15) is 0 Å². The normalized spacial score (nSPS) is 0.750. The molecule has 1 N–H and O–H groups in total. The minimum absolute atomic E-state index is 0. The fourth-order valence-electron chi connectivity index (χ4n) is 0. The molecule has 0 spiro atoms. The third-order valence-electron chi connectivity index (χ3n) is 0. The van der Waals surface area contributed by atoms with Crippen molar-refractivity contribution in [2.45, 2.75) is 0 Å². The van der Waals surface area contributed by atoms with Gasteiger partial charge in [0.1, 0.15) is 0 Å². The van der Waals surface area contributed by atoms with Crippen LogP contribution in [0.4, 0.5) is 0 Å². The van der Waals surface area contributed by atoms with Gasteiger partial charge in [0.25, 0.3) is 0 Å². The topological polar surface area (TPSA) is 47.1 Å². The van der Waals surface area contributed by atoms with Gasteiger partial charge in [0.2, 0.25) is 0 Å². The van der Waals surface area contributed by atoms with Gasteiger partial charge < -0.3 is 5.48 Å². The van der Waals surface area contributed by atoms with E-state index in [1.54, 1.807) is 0 Å². The van der Waals surface area contributed by atoms with Crippen molar-refractivity contribution in [2.75, 3.05) is 0 Å². The van der Waals surface area contributed by atoms with Crippen LogP contribution in [0.15, 0.2) is 0 Å². The van der Waals surface area contributed by atoms with Gasteiger partial charge in [0.15, 0.2) is 0 Å². The molecule has 0 atom stereocenters. The van der Waals surface area contributed by atoms with Gasteiger partial charge in [-0.25, -0.2) is 0 Å². The van der Waals surface area contributed by atoms with Crippen LogP contribution in [0.25, 0.3) is 0 Å². The molecule has 0 saturated heterocycles. The molecule has 0 fully saturated rings. The van der Waals surface area contributed by atoms with Crippen molar-refractivity contribution in [3.05, 3.63) is 0 Å². The van der Waals surface area contributed by atoms with Gasteiger partial charge in [-0.15, -0.1) is 0 Å². The molecule has 0 aliphatic rings. The second kappa shape index (κ2) is 28.4. The van der Waals surface area contributed by atoms with Crippen LogP contribution >= 0.6 is 0 Å². The summed E-state index contributed by atoms with van der Waals surface area (Å²) in [5.41, 5.74) is 0. The molecule has 0 saturated carbocycles. The Kier molecular flexibility index (Phi) is 132. The predicted molar refractivity (Wildman–Crippen MR) is 9.77 cm³/mol. The van der Waals surface area contributed by atoms with Gasteiger partial charge in [-0.05, 0) is 0 Å². The number of rotatable bonds is 0. The van der Waals surface area contributed by atoms with E-state index in [1.165, 1.54) is 0 Å². The van der Waals surface area contributed by atoms with Crippen molar-refractivity contribution in [3.8, 4) is 0 Å². The van der Waals surface area contributed by atoms with Crippen LogP contribution in [0.3, 0.4) is 0 Å². The molecule has 0 amide bonds. The number of hydrogen-bond donors (Lipinski definition) is 0. The molecular formula is H2MgNbO2. The molecule has 4 heavy (non-hydrogen) atoms. The summed E-state index contributed by atoms with van der Waals surface area (Å²) in [5.74, 6) is 0. The fraction of sp³-hybridized carbons (Fsp3) is 0. The van der Waals surface area contributed by atoms with Crippen molar-refractivity contribution in [1.29, 1.82) is 0 Å². The molecule has 0 bridgehead atoms. The monoisotopic (exact) mass is 151 g/mol. The molecule has 0 aromatic carbocycles. The Morgan fingerprint density at radius 1 is 1.25 bits per heavy atom. The first kappa shape index (κ1) is 18.7. The first-order valence-corrected chi connectivity index (χ1v) is 1.08. The van der Waals surface area contributed by atoms with Gasteiger partial charge in [-0.3, -0.25) is 0 Å². The molecule has 21 valence electrons. The SMILES string of the molecule is [MgH+].[OH-].[O]=[Nb]. The maximum absolute atomic E-state index is 8.30. The van der Waals surface area contributed by atoms with E-state index in [2.05, 4.69) is 0 Å². The molecule has 0 unspecified atom stereocenters. The summed E-state index contributed by atoms with van der Waals surface area (Å²) in [6, 6.07) is 0. The maximum atomic E-state index is 8.30. The first-order valence-electron chi connectivity index (χ1n) is 0.183. The number of hydrogen-bond acceptors (Lipinski definition) is 2. The zero-order valence-corrected chi connectivity index (χ0v) is 6.50. The Morgan fingerprint density at radius 2 is 1.25 bits per heavy atom. The van der Waals surface area contributed by atoms with Crippen molar-refractivity contribution >= 4 is 23.1 Å². The van der Waals surface area contributed by atoms with Gasteiger partial charge >= 0.3 is 47.3 Å². The molecule has 0 aliphatic heterocycles. The van der Waals surface area contributed by atoms with Crippen LogP contribution in [0.1, 0.15) is 0 Å². The average Bonchev–Trinajstić information content (AvgIpc) is 1.00. The summed E-state index contributed by atoms with van der Waals surface area (Å²) < 4.78 is 8.30. The fourth-order valence-corrected chi connectivity index (χ4v) is 0. The summed E-state index contributed by atoms with van der Waals surface area (Å²) in [6.07, 6.45) is 0. The molecule has 0 aromatic heterocycles. The molecule has 2 nitrogen and oxygen atoms in total. The van der Waals surface area contributed by atoms with Gasteiger partial charge in [0.05, 0.1) is 0 Å². The van der Waals surface area contributed by atoms with Crippen LogP contribution in [0, 0.1) is 0 Å². The molecule has 0 aromatic rings. The van der Waals surface area contributed by atoms with Crippen LogP contribution in [0.5, 0.6) is 0 Å². The standard InChI is InChI=1S/Mg.Nb.H2O.O.H/h;;1H2;;/q+1;;;;/p-1. The van der Waals surface area contributed by atoms with Crippen molar-refractivity contribution < 1.29 is 29.8 Å². The van der Waals surface area contributed by atoms with E-state index in [0.29, 0.717) is 21.0 Å². The van der Waals surface area contributed by atoms with Gasteiger partial charge in [0, 0.05) is 0 Å². The van der Waals surface area contributed by atoms with E-state index >= 15 is 0 Å². The summed E-state index contributed by atoms with van der Waals surface area (Å²) in [7, 11) is 0. The van der Waals surface area contributed by atoms with Crippen LogP contribution in [-0.2, 0) is 24.3 Å². The van der Waals surface area contributed by atoms with E-state index in [4.69, 9.17) is 3.25 Å².